The van der Waals surface area contributed by atoms with Crippen LogP contribution in [0, 0.1) is 0 Å². The van der Waals surface area contributed by atoms with E-state index in [0.29, 0.717) is 5.75 Å². The third-order valence-electron chi connectivity index (χ3n) is 3.86. The highest BCUT2D eigenvalue weighted by Crippen LogP contribution is 2.32. The first-order valence-electron chi connectivity index (χ1n) is 7.13. The highest BCUT2D eigenvalue weighted by Gasteiger charge is 2.36. The Bertz CT molecular complexity index is 809. The first-order chi connectivity index (χ1) is 10.6. The van der Waals surface area contributed by atoms with Crippen LogP contribution in [0.2, 0.25) is 0 Å². The smallest absolute Gasteiger partial charge is 0.266 e. The lowest BCUT2D eigenvalue weighted by atomic mass is 9.94. The van der Waals surface area contributed by atoms with E-state index in [0.717, 1.165) is 16.3 Å². The fourth-order valence-corrected chi connectivity index (χ4v) is 2.51. The lowest BCUT2D eigenvalue weighted by Gasteiger charge is -2.28. The number of rotatable bonds is 4. The van der Waals surface area contributed by atoms with Crippen LogP contribution in [0.3, 0.4) is 0 Å². The number of fused-ring (bicyclic) bond motifs is 1. The molecule has 110 valence electrons. The van der Waals surface area contributed by atoms with Crippen LogP contribution < -0.4 is 10.5 Å². The summed E-state index contributed by atoms with van der Waals surface area (Å²) in [5.41, 5.74) is 5.15. The first-order valence-corrected chi connectivity index (χ1v) is 7.13. The van der Waals surface area contributed by atoms with Crippen molar-refractivity contribution in [2.24, 2.45) is 5.73 Å². The van der Waals surface area contributed by atoms with Crippen LogP contribution in [0.15, 0.2) is 72.8 Å². The summed E-state index contributed by atoms with van der Waals surface area (Å²) in [6.07, 6.45) is 0. The Kier molecular flexibility index (Phi) is 3.55. The van der Waals surface area contributed by atoms with Gasteiger partial charge in [0.15, 0.2) is 0 Å². The number of hydrogen-bond acceptors (Lipinski definition) is 2. The zero-order valence-corrected chi connectivity index (χ0v) is 12.3. The lowest BCUT2D eigenvalue weighted by molar-refractivity contribution is -0.132. The summed E-state index contributed by atoms with van der Waals surface area (Å²) in [7, 11) is 0. The summed E-state index contributed by atoms with van der Waals surface area (Å²) in [5.74, 6) is 0.120. The quantitative estimate of drug-likeness (QED) is 0.798. The number of primary amides is 1. The fourth-order valence-electron chi connectivity index (χ4n) is 2.51. The Morgan fingerprint density at radius 1 is 0.909 bits per heavy atom. The van der Waals surface area contributed by atoms with Gasteiger partial charge in [0, 0.05) is 10.9 Å². The van der Waals surface area contributed by atoms with Gasteiger partial charge in [-0.15, -0.1) is 0 Å². The summed E-state index contributed by atoms with van der Waals surface area (Å²) in [6, 6.07) is 23.0. The maximum atomic E-state index is 12.1. The Morgan fingerprint density at radius 3 is 2.27 bits per heavy atom. The normalized spacial score (nSPS) is 13.5. The predicted octanol–water partition coefficient (Wildman–Crippen LogP) is 3.62. The highest BCUT2D eigenvalue weighted by molar-refractivity contribution is 5.90. The van der Waals surface area contributed by atoms with Gasteiger partial charge < -0.3 is 10.5 Å². The van der Waals surface area contributed by atoms with E-state index in [9.17, 15) is 4.79 Å². The molecule has 3 rings (SSSR count). The maximum absolute atomic E-state index is 12.1. The standard InChI is InChI=1S/C19H17NO2/c1-19(18(20)21,15-10-3-2-4-11-15)22-17-13-7-9-14-8-5-6-12-16(14)17/h2-13H,1H3,(H2,20,21). The molecule has 1 atom stereocenters. The average molecular weight is 291 g/mol. The molecule has 2 N–H and O–H groups in total. The fraction of sp³-hybridized carbons (Fsp3) is 0.105. The molecule has 0 aromatic heterocycles. The number of amides is 1. The second kappa shape index (κ2) is 5.53. The van der Waals surface area contributed by atoms with Crippen molar-refractivity contribution in [3.05, 3.63) is 78.4 Å². The largest absolute Gasteiger partial charge is 0.472 e. The van der Waals surface area contributed by atoms with E-state index in [-0.39, 0.29) is 0 Å². The molecule has 0 aliphatic rings. The Hall–Kier alpha value is -2.81. The van der Waals surface area contributed by atoms with Crippen LogP contribution in [0.4, 0.5) is 0 Å². The summed E-state index contributed by atoms with van der Waals surface area (Å²) in [5, 5.41) is 2.01. The van der Waals surface area contributed by atoms with E-state index in [2.05, 4.69) is 0 Å². The summed E-state index contributed by atoms with van der Waals surface area (Å²) < 4.78 is 6.09. The van der Waals surface area contributed by atoms with Gasteiger partial charge in [-0.2, -0.15) is 0 Å². The van der Waals surface area contributed by atoms with Crippen molar-refractivity contribution in [2.75, 3.05) is 0 Å². The van der Waals surface area contributed by atoms with E-state index < -0.39 is 11.5 Å². The van der Waals surface area contributed by atoms with Gasteiger partial charge in [-0.05, 0) is 18.4 Å². The second-order valence-corrected chi connectivity index (χ2v) is 5.34. The van der Waals surface area contributed by atoms with Crippen molar-refractivity contribution >= 4 is 16.7 Å². The molecule has 3 aromatic carbocycles. The summed E-state index contributed by atoms with van der Waals surface area (Å²) in [4.78, 5) is 12.1. The summed E-state index contributed by atoms with van der Waals surface area (Å²) >= 11 is 0. The molecule has 22 heavy (non-hydrogen) atoms. The second-order valence-electron chi connectivity index (χ2n) is 5.34. The van der Waals surface area contributed by atoms with Gasteiger partial charge in [0.05, 0.1) is 0 Å². The predicted molar refractivity (Wildman–Crippen MR) is 87.6 cm³/mol. The number of carbonyl (C=O) groups excluding carboxylic acids is 1. The molecule has 3 aromatic rings. The molecule has 3 nitrogen and oxygen atoms in total. The van der Waals surface area contributed by atoms with Gasteiger partial charge in [0.25, 0.3) is 5.91 Å². The van der Waals surface area contributed by atoms with E-state index >= 15 is 0 Å². The minimum Gasteiger partial charge on any atom is -0.472 e. The van der Waals surface area contributed by atoms with Crippen molar-refractivity contribution in [3.63, 3.8) is 0 Å². The molecule has 0 radical (unpaired) electrons. The van der Waals surface area contributed by atoms with Crippen LogP contribution in [0.25, 0.3) is 10.8 Å². The van der Waals surface area contributed by atoms with Crippen molar-refractivity contribution in [3.8, 4) is 5.75 Å². The molecule has 0 saturated carbocycles. The van der Waals surface area contributed by atoms with Gasteiger partial charge in [-0.3, -0.25) is 4.79 Å². The first kappa shape index (κ1) is 14.1. The topological polar surface area (TPSA) is 52.3 Å². The molecule has 0 aliphatic carbocycles. The average Bonchev–Trinajstić information content (AvgIpc) is 2.56. The Labute approximate surface area is 129 Å². The van der Waals surface area contributed by atoms with Crippen molar-refractivity contribution in [1.82, 2.24) is 0 Å². The van der Waals surface area contributed by atoms with Crippen molar-refractivity contribution in [1.29, 1.82) is 0 Å². The molecule has 0 aliphatic heterocycles. The van der Waals surface area contributed by atoms with Crippen LogP contribution in [-0.2, 0) is 10.4 Å². The van der Waals surface area contributed by atoms with Gasteiger partial charge in [-0.25, -0.2) is 0 Å². The molecule has 1 amide bonds. The molecule has 0 bridgehead atoms. The van der Waals surface area contributed by atoms with Crippen LogP contribution in [0.5, 0.6) is 5.75 Å². The molecular formula is C19H17NO2. The molecule has 0 heterocycles. The van der Waals surface area contributed by atoms with E-state index in [1.54, 1.807) is 6.92 Å². The van der Waals surface area contributed by atoms with Gasteiger partial charge in [0.2, 0.25) is 5.60 Å². The molecular weight excluding hydrogens is 274 g/mol. The zero-order chi connectivity index (χ0) is 15.6. The zero-order valence-electron chi connectivity index (χ0n) is 12.3. The highest BCUT2D eigenvalue weighted by atomic mass is 16.5. The number of benzene rings is 3. The molecule has 3 heteroatoms. The van der Waals surface area contributed by atoms with Gasteiger partial charge in [-0.1, -0.05) is 66.7 Å². The van der Waals surface area contributed by atoms with E-state index in [1.165, 1.54) is 0 Å². The molecule has 0 fully saturated rings. The Balaban J connectivity index is 2.10. The van der Waals surface area contributed by atoms with Gasteiger partial charge in [0.1, 0.15) is 5.75 Å². The molecule has 1 unspecified atom stereocenters. The van der Waals surface area contributed by atoms with Crippen LogP contribution >= 0.6 is 0 Å². The van der Waals surface area contributed by atoms with Gasteiger partial charge >= 0.3 is 0 Å². The van der Waals surface area contributed by atoms with Crippen LogP contribution in [-0.4, -0.2) is 5.91 Å². The number of ether oxygens (including phenoxy) is 1. The maximum Gasteiger partial charge on any atom is 0.266 e. The third kappa shape index (κ3) is 2.42. The van der Waals surface area contributed by atoms with E-state index in [4.69, 9.17) is 10.5 Å². The number of hydrogen-bond donors (Lipinski definition) is 1. The molecule has 0 spiro atoms. The van der Waals surface area contributed by atoms with Crippen LogP contribution in [0.1, 0.15) is 12.5 Å². The third-order valence-corrected chi connectivity index (χ3v) is 3.86. The SMILES string of the molecule is CC(Oc1cccc2ccccc12)(C(N)=O)c1ccccc1. The van der Waals surface area contributed by atoms with E-state index in [1.807, 2.05) is 72.8 Å². The van der Waals surface area contributed by atoms with Crippen molar-refractivity contribution in [2.45, 2.75) is 12.5 Å². The minimum absolute atomic E-state index is 0.522. The monoisotopic (exact) mass is 291 g/mol. The number of nitrogens with two attached hydrogens (primary N) is 1. The lowest BCUT2D eigenvalue weighted by Crippen LogP contribution is -2.43. The number of carbonyl (C=O) groups is 1. The molecule has 0 saturated heterocycles. The minimum atomic E-state index is -1.22. The van der Waals surface area contributed by atoms with Crippen molar-refractivity contribution < 1.29 is 9.53 Å². The Morgan fingerprint density at radius 2 is 1.55 bits per heavy atom. The summed E-state index contributed by atoms with van der Waals surface area (Å²) in [6.45, 7) is 1.70.